The largest absolute Gasteiger partial charge is 0.414 e. The van der Waals surface area contributed by atoms with Gasteiger partial charge in [-0.2, -0.15) is 13.2 Å². The smallest absolute Gasteiger partial charge is 0.379 e. The molecule has 0 aliphatic carbocycles. The lowest BCUT2D eigenvalue weighted by Gasteiger charge is -2.32. The standard InChI is InChI=1S/C22H20F6N4O2/c1-11(13-4-3-5-14(18(13)23)19(24)25)29-20-15-9-32(17(33)8-16(15)30-12(2)31-20)21(22(26,27)28)6-7-34-10-21/h3-5,8-9,11,19H,6-7,10H2,1-2H3,(H,29,30,31)/t11-,21-/m0/s1. The van der Waals surface area contributed by atoms with E-state index in [0.29, 0.717) is 4.57 Å². The molecule has 1 saturated heterocycles. The molecule has 1 aromatic carbocycles. The number of halogens is 6. The summed E-state index contributed by atoms with van der Waals surface area (Å²) in [5.74, 6) is -0.860. The van der Waals surface area contributed by atoms with Crippen molar-refractivity contribution in [3.05, 3.63) is 63.6 Å². The number of aryl methyl sites for hydroxylation is 1. The molecule has 3 aromatic rings. The summed E-state index contributed by atoms with van der Waals surface area (Å²) in [7, 11) is 0. The first-order chi connectivity index (χ1) is 15.9. The van der Waals surface area contributed by atoms with E-state index in [0.717, 1.165) is 18.3 Å². The van der Waals surface area contributed by atoms with Crippen molar-refractivity contribution in [2.24, 2.45) is 0 Å². The highest BCUT2D eigenvalue weighted by molar-refractivity contribution is 5.88. The number of nitrogens with zero attached hydrogens (tertiary/aromatic N) is 3. The summed E-state index contributed by atoms with van der Waals surface area (Å²) in [5, 5.41) is 2.96. The average Bonchev–Trinajstić information content (AvgIpc) is 3.24. The molecule has 0 unspecified atom stereocenters. The van der Waals surface area contributed by atoms with Crippen molar-refractivity contribution in [3.8, 4) is 0 Å². The number of hydrogen-bond acceptors (Lipinski definition) is 5. The number of anilines is 1. The molecule has 0 spiro atoms. The van der Waals surface area contributed by atoms with Gasteiger partial charge in [-0.25, -0.2) is 23.1 Å². The van der Waals surface area contributed by atoms with Crippen molar-refractivity contribution >= 4 is 16.7 Å². The van der Waals surface area contributed by atoms with Gasteiger partial charge in [-0.1, -0.05) is 18.2 Å². The minimum Gasteiger partial charge on any atom is -0.379 e. The molecule has 12 heteroatoms. The van der Waals surface area contributed by atoms with Gasteiger partial charge in [-0.05, 0) is 13.8 Å². The Labute approximate surface area is 189 Å². The molecular weight excluding hydrogens is 466 g/mol. The van der Waals surface area contributed by atoms with Crippen molar-refractivity contribution in [3.63, 3.8) is 0 Å². The van der Waals surface area contributed by atoms with Gasteiger partial charge in [0.15, 0.2) is 5.54 Å². The predicted molar refractivity (Wildman–Crippen MR) is 111 cm³/mol. The van der Waals surface area contributed by atoms with Gasteiger partial charge in [0.1, 0.15) is 17.5 Å². The van der Waals surface area contributed by atoms with E-state index >= 15 is 0 Å². The van der Waals surface area contributed by atoms with Crippen LogP contribution in [0.1, 0.15) is 42.8 Å². The number of nitrogens with one attached hydrogen (secondary N) is 1. The van der Waals surface area contributed by atoms with Gasteiger partial charge in [0.05, 0.1) is 29.1 Å². The Balaban J connectivity index is 1.84. The van der Waals surface area contributed by atoms with Crippen LogP contribution in [0.5, 0.6) is 0 Å². The number of rotatable bonds is 5. The zero-order valence-electron chi connectivity index (χ0n) is 18.1. The third-order valence-electron chi connectivity index (χ3n) is 5.95. The van der Waals surface area contributed by atoms with Crippen molar-refractivity contribution in [1.29, 1.82) is 0 Å². The number of benzene rings is 1. The van der Waals surface area contributed by atoms with Crippen molar-refractivity contribution in [2.45, 2.75) is 44.5 Å². The Hall–Kier alpha value is -3.15. The highest BCUT2D eigenvalue weighted by atomic mass is 19.4. The monoisotopic (exact) mass is 486 g/mol. The number of ether oxygens (including phenoxy) is 1. The first-order valence-corrected chi connectivity index (χ1v) is 10.3. The molecule has 0 radical (unpaired) electrons. The number of pyridine rings is 1. The van der Waals surface area contributed by atoms with Gasteiger partial charge in [-0.15, -0.1) is 0 Å². The maximum absolute atomic E-state index is 14.6. The molecule has 1 aliphatic heterocycles. The van der Waals surface area contributed by atoms with Crippen LogP contribution >= 0.6 is 0 Å². The average molecular weight is 486 g/mol. The second-order valence-corrected chi connectivity index (χ2v) is 8.15. The quantitative estimate of drug-likeness (QED) is 0.513. The summed E-state index contributed by atoms with van der Waals surface area (Å²) in [6.07, 6.45) is -7.22. The van der Waals surface area contributed by atoms with Gasteiger partial charge in [0.2, 0.25) is 0 Å². The van der Waals surface area contributed by atoms with Crippen LogP contribution in [0.4, 0.5) is 32.2 Å². The normalized spacial score (nSPS) is 19.7. The summed E-state index contributed by atoms with van der Waals surface area (Å²) in [6, 6.07) is 3.66. The van der Waals surface area contributed by atoms with Gasteiger partial charge < -0.3 is 10.1 Å². The number of alkyl halides is 5. The van der Waals surface area contributed by atoms with Crippen LogP contribution in [0.3, 0.4) is 0 Å². The summed E-state index contributed by atoms with van der Waals surface area (Å²) in [5.41, 5.74) is -4.22. The molecular formula is C22H20F6N4O2. The maximum atomic E-state index is 14.6. The third-order valence-corrected chi connectivity index (χ3v) is 5.95. The minimum absolute atomic E-state index is 0.0295. The van der Waals surface area contributed by atoms with Gasteiger partial charge in [0, 0.05) is 30.9 Å². The number of fused-ring (bicyclic) bond motifs is 1. The zero-order valence-corrected chi connectivity index (χ0v) is 18.1. The van der Waals surface area contributed by atoms with Crippen molar-refractivity contribution in [2.75, 3.05) is 18.5 Å². The minimum atomic E-state index is -4.77. The zero-order chi connectivity index (χ0) is 24.8. The van der Waals surface area contributed by atoms with E-state index in [4.69, 9.17) is 4.74 Å². The summed E-state index contributed by atoms with van der Waals surface area (Å²) in [6.45, 7) is 2.12. The Morgan fingerprint density at radius 3 is 2.53 bits per heavy atom. The first kappa shape index (κ1) is 24.0. The number of hydrogen-bond donors (Lipinski definition) is 1. The van der Waals surface area contributed by atoms with Crippen LogP contribution in [0, 0.1) is 12.7 Å². The highest BCUT2D eigenvalue weighted by Crippen LogP contribution is 2.43. The molecule has 0 saturated carbocycles. The van der Waals surface area contributed by atoms with E-state index in [2.05, 4.69) is 15.3 Å². The van der Waals surface area contributed by atoms with E-state index in [1.165, 1.54) is 26.0 Å². The lowest BCUT2D eigenvalue weighted by molar-refractivity contribution is -0.214. The fraction of sp³-hybridized carbons (Fsp3) is 0.409. The van der Waals surface area contributed by atoms with Crippen LogP contribution in [-0.2, 0) is 10.3 Å². The van der Waals surface area contributed by atoms with Gasteiger partial charge in [-0.3, -0.25) is 9.36 Å². The summed E-state index contributed by atoms with van der Waals surface area (Å²) < 4.78 is 88.5. The molecule has 2 atom stereocenters. The van der Waals surface area contributed by atoms with Gasteiger partial charge >= 0.3 is 6.18 Å². The molecule has 3 heterocycles. The number of aromatic nitrogens is 3. The Bertz CT molecular complexity index is 1280. The topological polar surface area (TPSA) is 69.0 Å². The Morgan fingerprint density at radius 1 is 1.21 bits per heavy atom. The molecule has 0 bridgehead atoms. The molecule has 34 heavy (non-hydrogen) atoms. The molecule has 6 nitrogen and oxygen atoms in total. The Kier molecular flexibility index (Phi) is 6.05. The lowest BCUT2D eigenvalue weighted by Crippen LogP contribution is -2.52. The summed E-state index contributed by atoms with van der Waals surface area (Å²) >= 11 is 0. The van der Waals surface area contributed by atoms with E-state index in [9.17, 15) is 31.1 Å². The van der Waals surface area contributed by atoms with E-state index in [-0.39, 0.29) is 34.7 Å². The first-order valence-electron chi connectivity index (χ1n) is 10.3. The fourth-order valence-electron chi connectivity index (χ4n) is 4.12. The van der Waals surface area contributed by atoms with Crippen molar-refractivity contribution in [1.82, 2.24) is 14.5 Å². The molecule has 1 fully saturated rings. The maximum Gasteiger partial charge on any atom is 0.414 e. The van der Waals surface area contributed by atoms with E-state index in [1.54, 1.807) is 0 Å². The molecule has 1 aliphatic rings. The van der Waals surface area contributed by atoms with Crippen LogP contribution in [0.15, 0.2) is 35.3 Å². The third kappa shape index (κ3) is 3.99. The van der Waals surface area contributed by atoms with E-state index in [1.807, 2.05) is 0 Å². The van der Waals surface area contributed by atoms with Crippen LogP contribution in [-0.4, -0.2) is 33.9 Å². The molecule has 2 aromatic heterocycles. The van der Waals surface area contributed by atoms with Crippen molar-refractivity contribution < 1.29 is 31.1 Å². The SMILES string of the molecule is Cc1nc(N[C@@H](C)c2cccc(C(F)F)c2F)c2cn([C@@]3(C(F)(F)F)CCOC3)c(=O)cc2n1. The van der Waals surface area contributed by atoms with Crippen LogP contribution in [0.2, 0.25) is 0 Å². The molecule has 4 rings (SSSR count). The molecule has 1 N–H and O–H groups in total. The highest BCUT2D eigenvalue weighted by Gasteiger charge is 2.59. The predicted octanol–water partition coefficient (Wildman–Crippen LogP) is 5.03. The molecule has 182 valence electrons. The Morgan fingerprint density at radius 2 is 1.91 bits per heavy atom. The van der Waals surface area contributed by atoms with Gasteiger partial charge in [0.25, 0.3) is 12.0 Å². The second kappa shape index (κ2) is 8.57. The van der Waals surface area contributed by atoms with Crippen LogP contribution < -0.4 is 10.9 Å². The summed E-state index contributed by atoms with van der Waals surface area (Å²) in [4.78, 5) is 21.0. The fourth-order valence-corrected chi connectivity index (χ4v) is 4.12. The van der Waals surface area contributed by atoms with Crippen LogP contribution in [0.25, 0.3) is 10.9 Å². The molecule has 0 amide bonds. The lowest BCUT2D eigenvalue weighted by atomic mass is 9.97. The van der Waals surface area contributed by atoms with E-state index < -0.39 is 54.2 Å². The second-order valence-electron chi connectivity index (χ2n) is 8.15.